The summed E-state index contributed by atoms with van der Waals surface area (Å²) in [6.07, 6.45) is 0. The molecule has 0 saturated carbocycles. The van der Waals surface area contributed by atoms with Crippen molar-refractivity contribution in [3.63, 3.8) is 0 Å². The molecule has 4 aromatic rings. The van der Waals surface area contributed by atoms with Crippen molar-refractivity contribution in [2.75, 3.05) is 11.1 Å². The molecule has 0 fully saturated rings. The normalized spacial score (nSPS) is 11.0. The van der Waals surface area contributed by atoms with Crippen molar-refractivity contribution in [3.05, 3.63) is 53.6 Å². The number of hydrogen-bond donors (Lipinski definition) is 2. The summed E-state index contributed by atoms with van der Waals surface area (Å²) in [7, 11) is 0. The Balaban J connectivity index is 1.39. The van der Waals surface area contributed by atoms with Gasteiger partial charge >= 0.3 is 0 Å². The van der Waals surface area contributed by atoms with Crippen molar-refractivity contribution in [2.45, 2.75) is 19.0 Å². The fourth-order valence-electron chi connectivity index (χ4n) is 2.75. The molecule has 0 aliphatic heterocycles. The number of amides is 1. The van der Waals surface area contributed by atoms with Crippen LogP contribution in [0.15, 0.2) is 47.6 Å². The van der Waals surface area contributed by atoms with Crippen LogP contribution in [0.4, 0.5) is 5.13 Å². The minimum absolute atomic E-state index is 0.125. The number of carbonyl (C=O) groups excluding carboxylic acids is 1. The average Bonchev–Trinajstić information content (AvgIpc) is 3.27. The van der Waals surface area contributed by atoms with Crippen LogP contribution in [0, 0.1) is 13.8 Å². The van der Waals surface area contributed by atoms with Gasteiger partial charge in [-0.1, -0.05) is 59.5 Å². The van der Waals surface area contributed by atoms with Gasteiger partial charge in [0.2, 0.25) is 11.1 Å². The number of H-pyrrole nitrogens is 1. The number of anilines is 1. The Labute approximate surface area is 164 Å². The van der Waals surface area contributed by atoms with E-state index in [2.05, 4.69) is 44.5 Å². The Morgan fingerprint density at radius 2 is 2.00 bits per heavy atom. The summed E-state index contributed by atoms with van der Waals surface area (Å²) in [4.78, 5) is 21.2. The molecule has 27 heavy (non-hydrogen) atoms. The van der Waals surface area contributed by atoms with Crippen LogP contribution in [0.25, 0.3) is 21.6 Å². The predicted molar refractivity (Wildman–Crippen MR) is 110 cm³/mol. The lowest BCUT2D eigenvalue weighted by Crippen LogP contribution is -2.13. The second-order valence-corrected chi connectivity index (χ2v) is 8.09. The highest BCUT2D eigenvalue weighted by Gasteiger charge is 2.12. The molecule has 2 aromatic carbocycles. The largest absolute Gasteiger partial charge is 0.301 e. The fourth-order valence-corrected chi connectivity index (χ4v) is 4.40. The van der Waals surface area contributed by atoms with Gasteiger partial charge in [-0.05, 0) is 31.0 Å². The van der Waals surface area contributed by atoms with Crippen molar-refractivity contribution in [2.24, 2.45) is 0 Å². The molecule has 2 N–H and O–H groups in total. The number of nitrogens with zero attached hydrogens (tertiary/aromatic N) is 3. The van der Waals surface area contributed by atoms with E-state index in [4.69, 9.17) is 0 Å². The van der Waals surface area contributed by atoms with Gasteiger partial charge in [0, 0.05) is 5.56 Å². The third-order valence-electron chi connectivity index (χ3n) is 3.92. The molecule has 0 aliphatic rings. The molecule has 1 amide bonds. The smallest absolute Gasteiger partial charge is 0.236 e. The van der Waals surface area contributed by atoms with E-state index in [0.717, 1.165) is 21.3 Å². The van der Waals surface area contributed by atoms with Crippen LogP contribution < -0.4 is 5.32 Å². The quantitative estimate of drug-likeness (QED) is 0.489. The lowest BCUT2D eigenvalue weighted by atomic mass is 10.1. The molecule has 0 unspecified atom stereocenters. The molecule has 6 nitrogen and oxygen atoms in total. The van der Waals surface area contributed by atoms with E-state index in [0.29, 0.717) is 16.1 Å². The Hall–Kier alpha value is -2.71. The molecular formula is C19H17N5OS2. The second-order valence-electron chi connectivity index (χ2n) is 6.12. The molecule has 0 saturated heterocycles. The van der Waals surface area contributed by atoms with Gasteiger partial charge < -0.3 is 5.32 Å². The number of aromatic amines is 1. The molecule has 0 aliphatic carbocycles. The maximum atomic E-state index is 12.3. The summed E-state index contributed by atoms with van der Waals surface area (Å²) < 4.78 is 1.08. The SMILES string of the molecule is Cc1cc(C)c2nc(NC(=O)CSc3n[nH]c(-c4ccccc4)n3)sc2c1. The van der Waals surface area contributed by atoms with Crippen LogP contribution in [0.3, 0.4) is 0 Å². The van der Waals surface area contributed by atoms with E-state index in [1.807, 2.05) is 37.3 Å². The third kappa shape index (κ3) is 4.01. The van der Waals surface area contributed by atoms with Gasteiger partial charge in [0.15, 0.2) is 11.0 Å². The lowest BCUT2D eigenvalue weighted by Gasteiger charge is -1.99. The third-order valence-corrected chi connectivity index (χ3v) is 5.69. The minimum Gasteiger partial charge on any atom is -0.301 e. The molecule has 0 bridgehead atoms. The first-order valence-electron chi connectivity index (χ1n) is 8.37. The maximum Gasteiger partial charge on any atom is 0.236 e. The summed E-state index contributed by atoms with van der Waals surface area (Å²) in [5.74, 6) is 0.787. The highest BCUT2D eigenvalue weighted by molar-refractivity contribution is 7.99. The standard InChI is InChI=1S/C19H17N5OS2/c1-11-8-12(2)16-14(9-11)27-18(21-16)20-15(25)10-26-19-22-17(23-24-19)13-6-4-3-5-7-13/h3-9H,10H2,1-2H3,(H,20,21,25)(H,22,23,24). The van der Waals surface area contributed by atoms with E-state index in [-0.39, 0.29) is 11.7 Å². The zero-order chi connectivity index (χ0) is 18.8. The van der Waals surface area contributed by atoms with E-state index < -0.39 is 0 Å². The molecule has 136 valence electrons. The van der Waals surface area contributed by atoms with E-state index in [1.54, 1.807) is 0 Å². The van der Waals surface area contributed by atoms with E-state index in [1.165, 1.54) is 28.7 Å². The molecule has 0 atom stereocenters. The van der Waals surface area contributed by atoms with Crippen molar-refractivity contribution in [1.82, 2.24) is 20.2 Å². The van der Waals surface area contributed by atoms with E-state index in [9.17, 15) is 4.79 Å². The molecule has 2 heterocycles. The van der Waals surface area contributed by atoms with Gasteiger partial charge in [-0.2, -0.15) is 0 Å². The number of aryl methyl sites for hydroxylation is 2. The Kier molecular flexibility index (Phi) is 4.91. The number of thiazole rings is 1. The first-order valence-corrected chi connectivity index (χ1v) is 10.2. The van der Waals surface area contributed by atoms with Crippen molar-refractivity contribution in [1.29, 1.82) is 0 Å². The lowest BCUT2D eigenvalue weighted by molar-refractivity contribution is -0.113. The number of fused-ring (bicyclic) bond motifs is 1. The molecular weight excluding hydrogens is 378 g/mol. The van der Waals surface area contributed by atoms with Gasteiger partial charge in [0.05, 0.1) is 16.0 Å². The summed E-state index contributed by atoms with van der Waals surface area (Å²) >= 11 is 2.77. The number of thioether (sulfide) groups is 1. The van der Waals surface area contributed by atoms with Gasteiger partial charge in [-0.3, -0.25) is 9.89 Å². The second kappa shape index (κ2) is 7.50. The first-order chi connectivity index (χ1) is 13.1. The number of hydrogen-bond acceptors (Lipinski definition) is 6. The van der Waals surface area contributed by atoms with Crippen LogP contribution in [0.2, 0.25) is 0 Å². The monoisotopic (exact) mass is 395 g/mol. The average molecular weight is 396 g/mol. The summed E-state index contributed by atoms with van der Waals surface area (Å²) in [6, 6.07) is 13.9. The Morgan fingerprint density at radius 3 is 2.81 bits per heavy atom. The number of rotatable bonds is 5. The first kappa shape index (κ1) is 17.7. The van der Waals surface area contributed by atoms with Crippen LogP contribution in [-0.2, 0) is 4.79 Å². The molecule has 4 rings (SSSR count). The van der Waals surface area contributed by atoms with Gasteiger partial charge in [0.25, 0.3) is 0 Å². The summed E-state index contributed by atoms with van der Waals surface area (Å²) in [6.45, 7) is 4.09. The zero-order valence-electron chi connectivity index (χ0n) is 14.8. The number of carbonyl (C=O) groups is 1. The summed E-state index contributed by atoms with van der Waals surface area (Å²) in [5, 5.41) is 11.1. The highest BCUT2D eigenvalue weighted by atomic mass is 32.2. The van der Waals surface area contributed by atoms with Gasteiger partial charge in [0.1, 0.15) is 0 Å². The number of benzene rings is 2. The molecule has 8 heteroatoms. The van der Waals surface area contributed by atoms with Crippen molar-refractivity contribution >= 4 is 44.4 Å². The van der Waals surface area contributed by atoms with Crippen LogP contribution in [-0.4, -0.2) is 31.8 Å². The molecule has 0 radical (unpaired) electrons. The highest BCUT2D eigenvalue weighted by Crippen LogP contribution is 2.29. The van der Waals surface area contributed by atoms with Crippen LogP contribution in [0.1, 0.15) is 11.1 Å². The zero-order valence-corrected chi connectivity index (χ0v) is 16.4. The topological polar surface area (TPSA) is 83.6 Å². The van der Waals surface area contributed by atoms with E-state index >= 15 is 0 Å². The van der Waals surface area contributed by atoms with Crippen molar-refractivity contribution in [3.8, 4) is 11.4 Å². The summed E-state index contributed by atoms with van der Waals surface area (Å²) in [5.41, 5.74) is 4.21. The molecule has 0 spiro atoms. The maximum absolute atomic E-state index is 12.3. The van der Waals surface area contributed by atoms with Crippen LogP contribution >= 0.6 is 23.1 Å². The Morgan fingerprint density at radius 1 is 1.19 bits per heavy atom. The Bertz CT molecular complexity index is 1100. The number of aromatic nitrogens is 4. The fraction of sp³-hybridized carbons (Fsp3) is 0.158. The van der Waals surface area contributed by atoms with Crippen LogP contribution in [0.5, 0.6) is 0 Å². The number of nitrogens with one attached hydrogen (secondary N) is 2. The predicted octanol–water partition coefficient (Wildman–Crippen LogP) is 4.43. The van der Waals surface area contributed by atoms with Gasteiger partial charge in [-0.15, -0.1) is 5.10 Å². The minimum atomic E-state index is -0.125. The molecule has 2 aromatic heterocycles. The van der Waals surface area contributed by atoms with Crippen molar-refractivity contribution < 1.29 is 4.79 Å². The van der Waals surface area contributed by atoms with Gasteiger partial charge in [-0.25, -0.2) is 9.97 Å².